The molecule has 0 heterocycles. The minimum atomic E-state index is 0.750. The third kappa shape index (κ3) is 3.98. The molecule has 0 aliphatic carbocycles. The smallest absolute Gasteiger partial charge is 0.0915 e. The van der Waals surface area contributed by atoms with Crippen LogP contribution in [0.15, 0.2) is 60.7 Å². The van der Waals surface area contributed by atoms with Gasteiger partial charge in [-0.2, -0.15) is 5.26 Å². The Labute approximate surface area is 118 Å². The average Bonchev–Trinajstić information content (AvgIpc) is 2.46. The molecule has 0 aliphatic rings. The summed E-state index contributed by atoms with van der Waals surface area (Å²) in [5.74, 6) is 0. The number of allylic oxidation sites excluding steroid dienone is 2. The second-order valence-electron chi connectivity index (χ2n) is 4.29. The average molecular weight is 268 g/mol. The summed E-state index contributed by atoms with van der Waals surface area (Å²) >= 11 is 5.87. The monoisotopic (exact) mass is 267 g/mol. The fourth-order valence-electron chi connectivity index (χ4n) is 1.96. The molecule has 0 atom stereocenters. The first-order chi connectivity index (χ1) is 9.29. The molecule has 2 rings (SSSR count). The summed E-state index contributed by atoms with van der Waals surface area (Å²) in [7, 11) is 0. The van der Waals surface area contributed by atoms with E-state index in [2.05, 4.69) is 6.07 Å². The molecule has 2 heteroatoms. The highest BCUT2D eigenvalue weighted by molar-refractivity contribution is 6.30. The zero-order valence-corrected chi connectivity index (χ0v) is 11.3. The van der Waals surface area contributed by atoms with Gasteiger partial charge < -0.3 is 0 Å². The molecule has 0 saturated heterocycles. The standard InChI is InChI=1S/C17H14ClN/c18-17-10-7-14(8-11-17)6-9-16(12-13-19)15-4-2-1-3-5-15/h1-5,7-8,10-12H,6,9H2. The van der Waals surface area contributed by atoms with Gasteiger partial charge in [-0.3, -0.25) is 0 Å². The fraction of sp³-hybridized carbons (Fsp3) is 0.118. The Bertz CT molecular complexity index is 591. The van der Waals surface area contributed by atoms with Crippen LogP contribution in [0.3, 0.4) is 0 Å². The summed E-state index contributed by atoms with van der Waals surface area (Å²) in [4.78, 5) is 0. The Kier molecular flexibility index (Phi) is 4.78. The Hall–Kier alpha value is -2.04. The molecule has 0 bridgehead atoms. The lowest BCUT2D eigenvalue weighted by atomic mass is 9.98. The minimum absolute atomic E-state index is 0.750. The van der Waals surface area contributed by atoms with Crippen molar-refractivity contribution in [1.82, 2.24) is 0 Å². The molecular formula is C17H14ClN. The van der Waals surface area contributed by atoms with E-state index in [1.165, 1.54) is 5.56 Å². The van der Waals surface area contributed by atoms with Crippen LogP contribution in [0.1, 0.15) is 17.5 Å². The minimum Gasteiger partial charge on any atom is -0.193 e. The second-order valence-corrected chi connectivity index (χ2v) is 4.73. The summed E-state index contributed by atoms with van der Waals surface area (Å²) in [6.45, 7) is 0. The second kappa shape index (κ2) is 6.78. The topological polar surface area (TPSA) is 23.8 Å². The van der Waals surface area contributed by atoms with Crippen molar-refractivity contribution < 1.29 is 0 Å². The molecule has 2 aromatic carbocycles. The quantitative estimate of drug-likeness (QED) is 0.724. The summed E-state index contributed by atoms with van der Waals surface area (Å²) < 4.78 is 0. The fourth-order valence-corrected chi connectivity index (χ4v) is 2.09. The van der Waals surface area contributed by atoms with Crippen LogP contribution in [-0.4, -0.2) is 0 Å². The molecule has 1 nitrogen and oxygen atoms in total. The molecule has 0 fully saturated rings. The number of hydrogen-bond acceptors (Lipinski definition) is 1. The van der Waals surface area contributed by atoms with Crippen molar-refractivity contribution in [3.63, 3.8) is 0 Å². The largest absolute Gasteiger partial charge is 0.193 e. The van der Waals surface area contributed by atoms with Gasteiger partial charge in [0.15, 0.2) is 0 Å². The highest BCUT2D eigenvalue weighted by Crippen LogP contribution is 2.21. The van der Waals surface area contributed by atoms with Crippen molar-refractivity contribution >= 4 is 17.2 Å². The van der Waals surface area contributed by atoms with Crippen molar-refractivity contribution in [2.24, 2.45) is 0 Å². The van der Waals surface area contributed by atoms with Crippen LogP contribution in [0.2, 0.25) is 5.02 Å². The van der Waals surface area contributed by atoms with Crippen LogP contribution in [0, 0.1) is 11.3 Å². The predicted octanol–water partition coefficient (Wildman–Crippen LogP) is 4.88. The summed E-state index contributed by atoms with van der Waals surface area (Å²) in [6.07, 6.45) is 3.38. The van der Waals surface area contributed by atoms with E-state index in [0.29, 0.717) is 0 Å². The number of benzene rings is 2. The molecule has 0 radical (unpaired) electrons. The van der Waals surface area contributed by atoms with Crippen LogP contribution in [0.25, 0.3) is 5.57 Å². The first kappa shape index (κ1) is 13.4. The van der Waals surface area contributed by atoms with E-state index in [-0.39, 0.29) is 0 Å². The molecule has 0 amide bonds. The Morgan fingerprint density at radius 1 is 1.05 bits per heavy atom. The lowest BCUT2D eigenvalue weighted by Gasteiger charge is -2.07. The van der Waals surface area contributed by atoms with Gasteiger partial charge in [-0.05, 0) is 41.7 Å². The van der Waals surface area contributed by atoms with Gasteiger partial charge in [0.05, 0.1) is 6.07 Å². The van der Waals surface area contributed by atoms with Gasteiger partial charge >= 0.3 is 0 Å². The number of hydrogen-bond donors (Lipinski definition) is 0. The SMILES string of the molecule is N#CC=C(CCc1ccc(Cl)cc1)c1ccccc1. The van der Waals surface area contributed by atoms with E-state index >= 15 is 0 Å². The molecule has 2 aromatic rings. The normalized spacial score (nSPS) is 11.1. The molecule has 0 N–H and O–H groups in total. The lowest BCUT2D eigenvalue weighted by molar-refractivity contribution is 1.02. The van der Waals surface area contributed by atoms with E-state index in [1.54, 1.807) is 6.08 Å². The van der Waals surface area contributed by atoms with Gasteiger partial charge in [0, 0.05) is 11.1 Å². The van der Waals surface area contributed by atoms with E-state index in [4.69, 9.17) is 16.9 Å². The first-order valence-corrected chi connectivity index (χ1v) is 6.56. The van der Waals surface area contributed by atoms with Gasteiger partial charge in [-0.25, -0.2) is 0 Å². The molecule has 0 aromatic heterocycles. The molecule has 0 saturated carbocycles. The van der Waals surface area contributed by atoms with Gasteiger partial charge in [0.2, 0.25) is 0 Å². The van der Waals surface area contributed by atoms with Crippen LogP contribution >= 0.6 is 11.6 Å². The number of rotatable bonds is 4. The number of nitrogens with zero attached hydrogens (tertiary/aromatic N) is 1. The van der Waals surface area contributed by atoms with E-state index in [0.717, 1.165) is 29.0 Å². The third-order valence-corrected chi connectivity index (χ3v) is 3.23. The Morgan fingerprint density at radius 2 is 1.74 bits per heavy atom. The maximum absolute atomic E-state index is 8.89. The number of nitriles is 1. The molecule has 0 aliphatic heterocycles. The summed E-state index contributed by atoms with van der Waals surface area (Å²) in [5, 5.41) is 9.64. The number of halogens is 1. The van der Waals surface area contributed by atoms with Crippen molar-refractivity contribution in [3.8, 4) is 6.07 Å². The Balaban J connectivity index is 2.09. The van der Waals surface area contributed by atoms with Crippen molar-refractivity contribution in [3.05, 3.63) is 76.8 Å². The van der Waals surface area contributed by atoms with Gasteiger partial charge in [0.25, 0.3) is 0 Å². The maximum Gasteiger partial charge on any atom is 0.0915 e. The van der Waals surface area contributed by atoms with Gasteiger partial charge in [0.1, 0.15) is 0 Å². The van der Waals surface area contributed by atoms with Crippen molar-refractivity contribution in [1.29, 1.82) is 5.26 Å². The summed E-state index contributed by atoms with van der Waals surface area (Å²) in [6, 6.07) is 20.0. The molecule has 0 spiro atoms. The van der Waals surface area contributed by atoms with Crippen LogP contribution < -0.4 is 0 Å². The predicted molar refractivity (Wildman–Crippen MR) is 79.8 cm³/mol. The van der Waals surface area contributed by atoms with Gasteiger partial charge in [-0.1, -0.05) is 54.1 Å². The summed E-state index contributed by atoms with van der Waals surface area (Å²) in [5.41, 5.74) is 3.40. The van der Waals surface area contributed by atoms with E-state index in [9.17, 15) is 0 Å². The van der Waals surface area contributed by atoms with Crippen molar-refractivity contribution in [2.75, 3.05) is 0 Å². The van der Waals surface area contributed by atoms with Gasteiger partial charge in [-0.15, -0.1) is 0 Å². The first-order valence-electron chi connectivity index (χ1n) is 6.18. The lowest BCUT2D eigenvalue weighted by Crippen LogP contribution is -1.89. The molecule has 94 valence electrons. The van der Waals surface area contributed by atoms with E-state index < -0.39 is 0 Å². The highest BCUT2D eigenvalue weighted by Gasteiger charge is 2.02. The molecule has 19 heavy (non-hydrogen) atoms. The van der Waals surface area contributed by atoms with Crippen LogP contribution in [-0.2, 0) is 6.42 Å². The van der Waals surface area contributed by atoms with Crippen LogP contribution in [0.5, 0.6) is 0 Å². The van der Waals surface area contributed by atoms with E-state index in [1.807, 2.05) is 54.6 Å². The highest BCUT2D eigenvalue weighted by atomic mass is 35.5. The Morgan fingerprint density at radius 3 is 2.37 bits per heavy atom. The molecular weight excluding hydrogens is 254 g/mol. The number of aryl methyl sites for hydroxylation is 1. The maximum atomic E-state index is 8.89. The van der Waals surface area contributed by atoms with Crippen molar-refractivity contribution in [2.45, 2.75) is 12.8 Å². The zero-order chi connectivity index (χ0) is 13.5. The third-order valence-electron chi connectivity index (χ3n) is 2.98. The zero-order valence-electron chi connectivity index (χ0n) is 10.5. The van der Waals surface area contributed by atoms with Crippen LogP contribution in [0.4, 0.5) is 0 Å². The molecule has 0 unspecified atom stereocenters.